The molecule has 0 rings (SSSR count). The number of Topliss-reactive ketones (excluding diaryl/α,β-unsaturated/α-hetero) is 1. The van der Waals surface area contributed by atoms with Crippen molar-refractivity contribution in [2.45, 2.75) is 73.0 Å². The fraction of sp³-hybridized carbons (Fsp3) is 0.667. The van der Waals surface area contributed by atoms with Crippen molar-refractivity contribution in [3.05, 3.63) is 37.5 Å². The summed E-state index contributed by atoms with van der Waals surface area (Å²) in [6.07, 6.45) is 8.35. The lowest BCUT2D eigenvalue weighted by atomic mass is 9.76. The van der Waals surface area contributed by atoms with Crippen LogP contribution in [0.1, 0.15) is 60.8 Å². The lowest BCUT2D eigenvalue weighted by Crippen LogP contribution is -2.38. The molecule has 0 fully saturated rings. The molecule has 168 valence electrons. The Morgan fingerprint density at radius 2 is 1.79 bits per heavy atom. The van der Waals surface area contributed by atoms with Gasteiger partial charge < -0.3 is 14.6 Å². The number of allylic oxidation sites excluding steroid dienone is 2. The summed E-state index contributed by atoms with van der Waals surface area (Å²) in [6.45, 7) is 14.8. The molecule has 0 saturated heterocycles. The van der Waals surface area contributed by atoms with Gasteiger partial charge in [0.15, 0.2) is 0 Å². The van der Waals surface area contributed by atoms with Crippen molar-refractivity contribution in [3.63, 3.8) is 0 Å². The maximum absolute atomic E-state index is 12.9. The summed E-state index contributed by atoms with van der Waals surface area (Å²) in [4.78, 5) is 24.9. The van der Waals surface area contributed by atoms with Gasteiger partial charge in [-0.15, -0.1) is 13.2 Å². The van der Waals surface area contributed by atoms with E-state index in [0.717, 1.165) is 19.3 Å². The minimum Gasteiger partial charge on any atom is -0.456 e. The topological polar surface area (TPSA) is 72.8 Å². The third kappa shape index (κ3) is 11.1. The van der Waals surface area contributed by atoms with E-state index >= 15 is 0 Å². The number of methoxy groups -OCH3 is 1. The summed E-state index contributed by atoms with van der Waals surface area (Å²) in [6, 6.07) is 0. The number of hydrogen-bond donors (Lipinski definition) is 1. The van der Waals surface area contributed by atoms with Crippen LogP contribution < -0.4 is 0 Å². The average Bonchev–Trinajstić information content (AvgIpc) is 2.65. The van der Waals surface area contributed by atoms with Crippen LogP contribution in [0, 0.1) is 17.3 Å². The van der Waals surface area contributed by atoms with Gasteiger partial charge >= 0.3 is 5.97 Å². The Morgan fingerprint density at radius 3 is 2.31 bits per heavy atom. The monoisotopic (exact) mass is 410 g/mol. The summed E-state index contributed by atoms with van der Waals surface area (Å²) in [7, 11) is 1.53. The number of aliphatic hydroxyl groups excluding tert-OH is 1. The van der Waals surface area contributed by atoms with Gasteiger partial charge in [0.25, 0.3) is 0 Å². The summed E-state index contributed by atoms with van der Waals surface area (Å²) >= 11 is 0. The molecule has 0 spiro atoms. The molecule has 0 radical (unpaired) electrons. The van der Waals surface area contributed by atoms with Gasteiger partial charge in [0.2, 0.25) is 0 Å². The third-order valence-corrected chi connectivity index (χ3v) is 4.91. The van der Waals surface area contributed by atoms with Crippen LogP contribution in [0.2, 0.25) is 0 Å². The smallest absolute Gasteiger partial charge is 0.330 e. The number of aliphatic hydroxyl groups is 1. The Balaban J connectivity index is 0. The van der Waals surface area contributed by atoms with E-state index in [-0.39, 0.29) is 25.7 Å². The Labute approximate surface area is 177 Å². The second-order valence-electron chi connectivity index (χ2n) is 7.93. The Hall–Kier alpha value is -1.72. The third-order valence-electron chi connectivity index (χ3n) is 4.91. The first kappa shape index (κ1) is 29.5. The number of unbranched alkanes of at least 4 members (excludes halogenated alkanes) is 1. The Kier molecular flexibility index (Phi) is 15.4. The van der Waals surface area contributed by atoms with Crippen molar-refractivity contribution >= 4 is 11.8 Å². The quantitative estimate of drug-likeness (QED) is 0.180. The molecule has 0 saturated carbocycles. The van der Waals surface area contributed by atoms with Gasteiger partial charge in [-0.1, -0.05) is 39.5 Å². The summed E-state index contributed by atoms with van der Waals surface area (Å²) in [5.74, 6) is -1.16. The predicted molar refractivity (Wildman–Crippen MR) is 120 cm³/mol. The highest BCUT2D eigenvalue weighted by Crippen LogP contribution is 2.28. The summed E-state index contributed by atoms with van der Waals surface area (Å²) in [5.41, 5.74) is -0.893. The van der Waals surface area contributed by atoms with Gasteiger partial charge in [-0.2, -0.15) is 0 Å². The highest BCUT2D eigenvalue weighted by atomic mass is 16.6. The minimum atomic E-state index is -0.893. The molecular weight excluding hydrogens is 368 g/mol. The van der Waals surface area contributed by atoms with Crippen molar-refractivity contribution < 1.29 is 24.2 Å². The van der Waals surface area contributed by atoms with E-state index in [9.17, 15) is 14.7 Å². The van der Waals surface area contributed by atoms with Crippen LogP contribution in [0.25, 0.3) is 0 Å². The van der Waals surface area contributed by atoms with Gasteiger partial charge in [0.1, 0.15) is 11.9 Å². The first-order valence-corrected chi connectivity index (χ1v) is 9.93. The molecule has 0 heterocycles. The molecule has 0 amide bonds. The van der Waals surface area contributed by atoms with Crippen LogP contribution >= 0.6 is 0 Å². The first-order chi connectivity index (χ1) is 13.1. The summed E-state index contributed by atoms with van der Waals surface area (Å²) in [5, 5.41) is 10.5. The summed E-state index contributed by atoms with van der Waals surface area (Å²) < 4.78 is 10.3. The van der Waals surface area contributed by atoms with Gasteiger partial charge in [0, 0.05) is 30.9 Å². The molecule has 4 unspecified atom stereocenters. The Bertz CT molecular complexity index is 535. The maximum atomic E-state index is 12.9. The molecule has 5 heteroatoms. The average molecular weight is 411 g/mol. The highest BCUT2D eigenvalue weighted by molar-refractivity contribution is 5.90. The second-order valence-corrected chi connectivity index (χ2v) is 7.93. The maximum Gasteiger partial charge on any atom is 0.330 e. The van der Waals surface area contributed by atoms with Crippen molar-refractivity contribution in [2.24, 2.45) is 17.3 Å². The SMILES string of the molecule is C.C=CCCCC(C)C(O)C(C)C(=O)C(C)(C)/C=C/C(=O)OC(CC=C)COC. The molecule has 1 N–H and O–H groups in total. The van der Waals surface area contributed by atoms with E-state index in [0.29, 0.717) is 6.42 Å². The highest BCUT2D eigenvalue weighted by Gasteiger charge is 2.35. The molecule has 0 bridgehead atoms. The van der Waals surface area contributed by atoms with E-state index in [4.69, 9.17) is 9.47 Å². The minimum absolute atomic E-state index is 0. The molecule has 0 aliphatic heterocycles. The van der Waals surface area contributed by atoms with E-state index in [2.05, 4.69) is 13.2 Å². The molecule has 4 atom stereocenters. The van der Waals surface area contributed by atoms with Crippen LogP contribution in [0.5, 0.6) is 0 Å². The zero-order valence-electron chi connectivity index (χ0n) is 18.1. The number of hydrogen-bond acceptors (Lipinski definition) is 5. The number of esters is 1. The normalized spacial score (nSPS) is 15.7. The van der Waals surface area contributed by atoms with Gasteiger partial charge in [0.05, 0.1) is 12.7 Å². The molecule has 0 aromatic heterocycles. The largest absolute Gasteiger partial charge is 0.456 e. The molecule has 0 aromatic carbocycles. The molecule has 29 heavy (non-hydrogen) atoms. The number of ether oxygens (including phenoxy) is 2. The van der Waals surface area contributed by atoms with Crippen molar-refractivity contribution in [1.82, 2.24) is 0 Å². The molecule has 5 nitrogen and oxygen atoms in total. The fourth-order valence-corrected chi connectivity index (χ4v) is 3.07. The van der Waals surface area contributed by atoms with Crippen LogP contribution in [0.15, 0.2) is 37.5 Å². The van der Waals surface area contributed by atoms with Crippen molar-refractivity contribution in [2.75, 3.05) is 13.7 Å². The van der Waals surface area contributed by atoms with Gasteiger partial charge in [-0.25, -0.2) is 4.79 Å². The van der Waals surface area contributed by atoms with Crippen LogP contribution in [-0.4, -0.2) is 42.8 Å². The van der Waals surface area contributed by atoms with Crippen LogP contribution in [0.4, 0.5) is 0 Å². The number of carbonyl (C=O) groups is 2. The fourth-order valence-electron chi connectivity index (χ4n) is 3.07. The van der Waals surface area contributed by atoms with Crippen molar-refractivity contribution in [3.8, 4) is 0 Å². The standard InChI is InChI=1S/C23H38O5.CH4/c1-8-10-11-13-17(3)21(25)18(4)22(26)23(5,6)15-14-20(24)28-19(12-9-2)16-27-7;/h8-9,14-15,17-19,21,25H,1-2,10-13,16H2,3-7H3;1H4/b15-14+;. The first-order valence-electron chi connectivity index (χ1n) is 9.93. The molecule has 0 aliphatic rings. The number of ketones is 1. The van der Waals surface area contributed by atoms with Gasteiger partial charge in [-0.3, -0.25) is 4.79 Å². The van der Waals surface area contributed by atoms with Crippen molar-refractivity contribution in [1.29, 1.82) is 0 Å². The zero-order chi connectivity index (χ0) is 21.7. The number of rotatable bonds is 15. The second kappa shape index (κ2) is 15.2. The van der Waals surface area contributed by atoms with Crippen LogP contribution in [-0.2, 0) is 19.1 Å². The lowest BCUT2D eigenvalue weighted by molar-refractivity contribution is -0.145. The predicted octanol–water partition coefficient (Wildman–Crippen LogP) is 4.90. The molecule has 0 aliphatic carbocycles. The Morgan fingerprint density at radius 1 is 1.17 bits per heavy atom. The van der Waals surface area contributed by atoms with E-state index in [1.54, 1.807) is 32.9 Å². The van der Waals surface area contributed by atoms with E-state index < -0.39 is 29.5 Å². The van der Waals surface area contributed by atoms with Gasteiger partial charge in [-0.05, 0) is 39.0 Å². The van der Waals surface area contributed by atoms with E-state index in [1.165, 1.54) is 13.2 Å². The molecular formula is C24H42O5. The lowest BCUT2D eigenvalue weighted by Gasteiger charge is -2.29. The molecule has 0 aromatic rings. The van der Waals surface area contributed by atoms with Crippen LogP contribution in [0.3, 0.4) is 0 Å². The zero-order valence-corrected chi connectivity index (χ0v) is 18.1. The van der Waals surface area contributed by atoms with E-state index in [1.807, 2.05) is 13.0 Å². The number of carbonyl (C=O) groups excluding carboxylic acids is 2.